The van der Waals surface area contributed by atoms with E-state index in [0.717, 1.165) is 5.69 Å². The molecule has 3 rings (SSSR count). The molecule has 0 bridgehead atoms. The molecule has 29 heavy (non-hydrogen) atoms. The first-order chi connectivity index (χ1) is 13.7. The second-order valence-electron chi connectivity index (χ2n) is 7.34. The molecule has 1 aromatic carbocycles. The maximum atomic E-state index is 12.6. The third-order valence-electron chi connectivity index (χ3n) is 5.06. The standard InChI is InChI=1S/C20H23Cl2N3O3S/c1-2-9-29(27,28)25-15-11-20(12-15,18-5-3-4-8-23-18)13-24-19(26)16-7-6-14(21)10-17(16)22/h3-8,10,15,25H,2,9,11-13H2,1H3,(H,24,26)/t15-,20-. The Bertz CT molecular complexity index is 978. The summed E-state index contributed by atoms with van der Waals surface area (Å²) in [4.78, 5) is 17.1. The van der Waals surface area contributed by atoms with Gasteiger partial charge in [-0.25, -0.2) is 13.1 Å². The van der Waals surface area contributed by atoms with Crippen LogP contribution in [-0.2, 0) is 15.4 Å². The molecule has 1 aliphatic rings. The molecule has 1 heterocycles. The maximum absolute atomic E-state index is 12.6. The molecular weight excluding hydrogens is 433 g/mol. The smallest absolute Gasteiger partial charge is 0.252 e. The van der Waals surface area contributed by atoms with E-state index in [2.05, 4.69) is 15.0 Å². The van der Waals surface area contributed by atoms with E-state index in [4.69, 9.17) is 23.2 Å². The fraction of sp³-hybridized carbons (Fsp3) is 0.400. The van der Waals surface area contributed by atoms with Crippen molar-refractivity contribution in [3.63, 3.8) is 0 Å². The molecule has 0 unspecified atom stereocenters. The van der Waals surface area contributed by atoms with Crippen molar-refractivity contribution in [2.24, 2.45) is 0 Å². The molecule has 1 fully saturated rings. The largest absolute Gasteiger partial charge is 0.351 e. The Morgan fingerprint density at radius 3 is 2.62 bits per heavy atom. The number of rotatable bonds is 8. The van der Waals surface area contributed by atoms with E-state index in [0.29, 0.717) is 36.4 Å². The third kappa shape index (κ3) is 5.28. The molecule has 1 aromatic heterocycles. The molecule has 9 heteroatoms. The second-order valence-corrected chi connectivity index (χ2v) is 10.1. The number of benzene rings is 1. The Labute approximate surface area is 181 Å². The van der Waals surface area contributed by atoms with Gasteiger partial charge in [-0.1, -0.05) is 36.2 Å². The monoisotopic (exact) mass is 455 g/mol. The van der Waals surface area contributed by atoms with Crippen LogP contribution in [0.4, 0.5) is 0 Å². The van der Waals surface area contributed by atoms with E-state index < -0.39 is 15.4 Å². The lowest BCUT2D eigenvalue weighted by Crippen LogP contribution is -2.58. The van der Waals surface area contributed by atoms with Crippen molar-refractivity contribution in [3.05, 3.63) is 63.9 Å². The molecule has 0 spiro atoms. The van der Waals surface area contributed by atoms with Gasteiger partial charge in [0.05, 0.1) is 16.3 Å². The summed E-state index contributed by atoms with van der Waals surface area (Å²) in [7, 11) is -3.30. The molecule has 0 radical (unpaired) electrons. The number of nitrogens with one attached hydrogen (secondary N) is 2. The number of pyridine rings is 1. The van der Waals surface area contributed by atoms with Gasteiger partial charge in [-0.05, 0) is 49.6 Å². The summed E-state index contributed by atoms with van der Waals surface area (Å²) in [6.45, 7) is 2.16. The summed E-state index contributed by atoms with van der Waals surface area (Å²) in [5.74, 6) is -0.205. The third-order valence-corrected chi connectivity index (χ3v) is 7.25. The van der Waals surface area contributed by atoms with Crippen LogP contribution in [0.25, 0.3) is 0 Å². The van der Waals surface area contributed by atoms with Gasteiger partial charge in [0.2, 0.25) is 10.0 Å². The number of halogens is 2. The number of carbonyl (C=O) groups excluding carboxylic acids is 1. The zero-order valence-electron chi connectivity index (χ0n) is 16.0. The molecule has 2 aromatic rings. The van der Waals surface area contributed by atoms with Crippen LogP contribution in [-0.4, -0.2) is 37.6 Å². The maximum Gasteiger partial charge on any atom is 0.252 e. The minimum Gasteiger partial charge on any atom is -0.351 e. The number of hydrogen-bond acceptors (Lipinski definition) is 4. The van der Waals surface area contributed by atoms with E-state index in [-0.39, 0.29) is 22.7 Å². The van der Waals surface area contributed by atoms with Gasteiger partial charge in [-0.3, -0.25) is 9.78 Å². The summed E-state index contributed by atoms with van der Waals surface area (Å²) >= 11 is 12.0. The Morgan fingerprint density at radius 2 is 2.00 bits per heavy atom. The summed E-state index contributed by atoms with van der Waals surface area (Å²) < 4.78 is 26.9. The van der Waals surface area contributed by atoms with Gasteiger partial charge in [0.1, 0.15) is 0 Å². The Hall–Kier alpha value is -1.67. The quantitative estimate of drug-likeness (QED) is 0.636. The molecule has 1 saturated carbocycles. The van der Waals surface area contributed by atoms with E-state index in [9.17, 15) is 13.2 Å². The van der Waals surface area contributed by atoms with Crippen LogP contribution < -0.4 is 10.0 Å². The zero-order chi connectivity index (χ0) is 21.1. The Morgan fingerprint density at radius 1 is 1.24 bits per heavy atom. The molecule has 2 N–H and O–H groups in total. The van der Waals surface area contributed by atoms with Crippen LogP contribution in [0.3, 0.4) is 0 Å². The molecule has 0 aliphatic heterocycles. The molecule has 0 atom stereocenters. The highest BCUT2D eigenvalue weighted by Crippen LogP contribution is 2.43. The first kappa shape index (κ1) is 22.0. The topological polar surface area (TPSA) is 88.2 Å². The van der Waals surface area contributed by atoms with E-state index >= 15 is 0 Å². The van der Waals surface area contributed by atoms with Crippen molar-refractivity contribution in [1.82, 2.24) is 15.0 Å². The van der Waals surface area contributed by atoms with Gasteiger partial charge >= 0.3 is 0 Å². The van der Waals surface area contributed by atoms with Crippen LogP contribution in [0, 0.1) is 0 Å². The Kier molecular flexibility index (Phi) is 6.83. The van der Waals surface area contributed by atoms with Gasteiger partial charge in [0.25, 0.3) is 5.91 Å². The van der Waals surface area contributed by atoms with Crippen LogP contribution in [0.5, 0.6) is 0 Å². The number of sulfonamides is 1. The number of carbonyl (C=O) groups is 1. The van der Waals surface area contributed by atoms with Crippen molar-refractivity contribution in [1.29, 1.82) is 0 Å². The van der Waals surface area contributed by atoms with E-state index in [1.807, 2.05) is 25.1 Å². The normalized spacial score (nSPS) is 21.4. The first-order valence-corrected chi connectivity index (χ1v) is 11.8. The lowest BCUT2D eigenvalue weighted by molar-refractivity contribution is 0.0914. The summed E-state index contributed by atoms with van der Waals surface area (Å²) in [5, 5.41) is 3.66. The van der Waals surface area contributed by atoms with Gasteiger partial charge in [-0.15, -0.1) is 0 Å². The SMILES string of the molecule is CCCS(=O)(=O)N[C@H]1C[C@](CNC(=O)c2ccc(Cl)cc2Cl)(c2ccccn2)C1. The van der Waals surface area contributed by atoms with Crippen molar-refractivity contribution >= 4 is 39.1 Å². The number of aromatic nitrogens is 1. The Balaban J connectivity index is 1.72. The van der Waals surface area contributed by atoms with E-state index in [1.54, 1.807) is 18.3 Å². The fourth-order valence-electron chi connectivity index (χ4n) is 3.69. The van der Waals surface area contributed by atoms with Gasteiger partial charge < -0.3 is 5.32 Å². The van der Waals surface area contributed by atoms with E-state index in [1.165, 1.54) is 6.07 Å². The average Bonchev–Trinajstić information content (AvgIpc) is 2.63. The molecular formula is C20H23Cl2N3O3S. The highest BCUT2D eigenvalue weighted by atomic mass is 35.5. The van der Waals surface area contributed by atoms with Crippen LogP contribution >= 0.6 is 23.2 Å². The average molecular weight is 456 g/mol. The number of hydrogen-bond donors (Lipinski definition) is 2. The lowest BCUT2D eigenvalue weighted by Gasteiger charge is -2.47. The summed E-state index contributed by atoms with van der Waals surface area (Å²) in [6, 6.07) is 10.1. The lowest BCUT2D eigenvalue weighted by atomic mass is 9.63. The minimum absolute atomic E-state index is 0.103. The first-order valence-electron chi connectivity index (χ1n) is 9.39. The van der Waals surface area contributed by atoms with Crippen molar-refractivity contribution in [2.45, 2.75) is 37.6 Å². The van der Waals surface area contributed by atoms with Crippen LogP contribution in [0.1, 0.15) is 42.2 Å². The van der Waals surface area contributed by atoms with Crippen molar-refractivity contribution < 1.29 is 13.2 Å². The predicted octanol–water partition coefficient (Wildman–Crippen LogP) is 3.55. The summed E-state index contributed by atoms with van der Waals surface area (Å²) in [6.07, 6.45) is 3.37. The highest BCUT2D eigenvalue weighted by Gasteiger charge is 2.47. The van der Waals surface area contributed by atoms with Crippen LogP contribution in [0.15, 0.2) is 42.6 Å². The minimum atomic E-state index is -3.30. The van der Waals surface area contributed by atoms with Gasteiger partial charge in [0.15, 0.2) is 0 Å². The van der Waals surface area contributed by atoms with Crippen molar-refractivity contribution in [2.75, 3.05) is 12.3 Å². The molecule has 0 saturated heterocycles. The van der Waals surface area contributed by atoms with Gasteiger partial charge in [0, 0.05) is 34.9 Å². The molecule has 1 amide bonds. The highest BCUT2D eigenvalue weighted by molar-refractivity contribution is 7.89. The molecule has 6 nitrogen and oxygen atoms in total. The molecule has 1 aliphatic carbocycles. The predicted molar refractivity (Wildman–Crippen MR) is 115 cm³/mol. The van der Waals surface area contributed by atoms with Gasteiger partial charge in [-0.2, -0.15) is 0 Å². The number of nitrogens with zero attached hydrogens (tertiary/aromatic N) is 1. The van der Waals surface area contributed by atoms with Crippen LogP contribution in [0.2, 0.25) is 10.0 Å². The fourth-order valence-corrected chi connectivity index (χ4v) is 5.51. The summed E-state index contributed by atoms with van der Waals surface area (Å²) in [5.41, 5.74) is 0.732. The second kappa shape index (κ2) is 9.00. The number of amides is 1. The zero-order valence-corrected chi connectivity index (χ0v) is 18.3. The van der Waals surface area contributed by atoms with Crippen molar-refractivity contribution in [3.8, 4) is 0 Å². The molecule has 156 valence electrons.